The second-order valence-corrected chi connectivity index (χ2v) is 18.2. The monoisotopic (exact) mass is 881 g/mol. The molecule has 2 bridgehead atoms. The molecule has 0 spiro atoms. The minimum atomic E-state index is -2.79. The zero-order valence-electron chi connectivity index (χ0n) is 39.4. The Bertz CT molecular complexity index is 2270. The van der Waals surface area contributed by atoms with Crippen LogP contribution in [0.4, 0.5) is 4.79 Å². The number of hydrogen-bond donors (Lipinski definition) is 5. The molecule has 6 N–H and O–H groups in total. The lowest BCUT2D eigenvalue weighted by Crippen LogP contribution is -2.81. The third-order valence-electron chi connectivity index (χ3n) is 13.1. The van der Waals surface area contributed by atoms with Crippen LogP contribution >= 0.6 is 0 Å². The standard InChI is InChI=1S/C46H58N2O15/c1-23-28(59-40(55)34(60-38(53)24(2)47)32(26-16-12-10-13-17-26)48-41(56)63-42(4,5)6)21-46(57)37(61-39(54)27-18-14-11-15-19-27)35-44(9,36(52)33(51)31(23)43(46,7)8)29(50)20-30-45(35,22-58-30)62-25(3)49/h10-19,24,28-30,32-35,37,50-51,57H,20-22,47H2,1-9H3,(H,48,56)/t24?,28-,29-,30+,32-,33+,34+,35-,37-,44+,45-,46+/m0/s1/i4D3. The summed E-state index contributed by atoms with van der Waals surface area (Å²) in [6.07, 6.45) is -12.6. The number of carbonyl (C=O) groups is 6. The van der Waals surface area contributed by atoms with Crippen LogP contribution in [0.5, 0.6) is 0 Å². The average Bonchev–Trinajstić information content (AvgIpc) is 3.23. The van der Waals surface area contributed by atoms with E-state index in [1.165, 1.54) is 58.9 Å². The van der Waals surface area contributed by atoms with Gasteiger partial charge in [-0.15, -0.1) is 0 Å². The Morgan fingerprint density at radius 3 is 2.16 bits per heavy atom. The number of nitrogens with one attached hydrogen (secondary N) is 1. The number of amides is 1. The number of esters is 4. The Balaban J connectivity index is 1.52. The quantitative estimate of drug-likeness (QED) is 0.131. The van der Waals surface area contributed by atoms with Gasteiger partial charge in [-0.25, -0.2) is 14.4 Å². The number of aliphatic hydroxyl groups excluding tert-OH is 2. The first kappa shape index (κ1) is 43.1. The van der Waals surface area contributed by atoms with E-state index < -0.39 is 131 Å². The minimum absolute atomic E-state index is 0.0260. The third-order valence-corrected chi connectivity index (χ3v) is 13.1. The van der Waals surface area contributed by atoms with E-state index in [0.717, 1.165) is 20.8 Å². The smallest absolute Gasteiger partial charge is 0.408 e. The van der Waals surface area contributed by atoms with Gasteiger partial charge in [0.25, 0.3) is 0 Å². The van der Waals surface area contributed by atoms with Crippen molar-refractivity contribution in [1.82, 2.24) is 5.32 Å². The number of benzene rings is 2. The summed E-state index contributed by atoms with van der Waals surface area (Å²) in [5, 5.41) is 40.3. The highest BCUT2D eigenvalue weighted by atomic mass is 16.6. The lowest BCUT2D eigenvalue weighted by atomic mass is 9.44. The number of alkyl carbamates (subject to hydrolysis) is 1. The second-order valence-electron chi connectivity index (χ2n) is 18.2. The van der Waals surface area contributed by atoms with Gasteiger partial charge in [0.05, 0.1) is 29.6 Å². The maximum atomic E-state index is 15.1. The second kappa shape index (κ2) is 17.1. The number of ether oxygens (including phenoxy) is 6. The number of fused-ring (bicyclic) bond motifs is 5. The number of hydrogen-bond acceptors (Lipinski definition) is 16. The van der Waals surface area contributed by atoms with Crippen LogP contribution < -0.4 is 11.1 Å². The lowest BCUT2D eigenvalue weighted by molar-refractivity contribution is -0.346. The SMILES string of the molecule is [2H]C([2H])([2H])C(C)(C)OC(=O)N[C@@H](c1ccccc1)[C@@H](OC(=O)C(C)N)C(=O)O[C@H]1C[C@@]2(O)[C@@H](OC(=O)c3ccccc3)[C@@H]3[C@]4(OC(C)=O)CO[C@@H]4C[C@H](O)[C@@]3(C)C(=O)[C@H](O)C(=C1C)C2(C)C. The predicted molar refractivity (Wildman–Crippen MR) is 221 cm³/mol. The van der Waals surface area contributed by atoms with Gasteiger partial charge in [-0.2, -0.15) is 0 Å². The van der Waals surface area contributed by atoms with E-state index in [1.807, 2.05) is 0 Å². The summed E-state index contributed by atoms with van der Waals surface area (Å²) in [7, 11) is 0. The fourth-order valence-electron chi connectivity index (χ4n) is 9.85. The molecule has 3 fully saturated rings. The molecule has 17 heteroatoms. The van der Waals surface area contributed by atoms with Crippen LogP contribution in [0, 0.1) is 16.7 Å². The summed E-state index contributed by atoms with van der Waals surface area (Å²) in [6, 6.07) is 12.4. The summed E-state index contributed by atoms with van der Waals surface area (Å²) >= 11 is 0. The normalized spacial score (nSPS) is 33.3. The zero-order valence-corrected chi connectivity index (χ0v) is 36.4. The summed E-state index contributed by atoms with van der Waals surface area (Å²) in [4.78, 5) is 84.0. The van der Waals surface area contributed by atoms with E-state index >= 15 is 4.79 Å². The first-order valence-electron chi connectivity index (χ1n) is 22.2. The number of aliphatic hydroxyl groups is 3. The zero-order chi connectivity index (χ0) is 49.1. The molecule has 2 aromatic rings. The highest BCUT2D eigenvalue weighted by Crippen LogP contribution is 2.64. The molecule has 1 saturated heterocycles. The van der Waals surface area contributed by atoms with Crippen LogP contribution in [0.2, 0.25) is 0 Å². The molecule has 1 aliphatic heterocycles. The molecule has 17 nitrogen and oxygen atoms in total. The molecule has 0 radical (unpaired) electrons. The maximum absolute atomic E-state index is 15.1. The van der Waals surface area contributed by atoms with Gasteiger partial charge in [-0.3, -0.25) is 14.4 Å². The van der Waals surface area contributed by atoms with Crippen molar-refractivity contribution in [3.05, 3.63) is 82.9 Å². The Hall–Kier alpha value is -5.20. The molecule has 0 aromatic heterocycles. The van der Waals surface area contributed by atoms with Crippen LogP contribution in [0.25, 0.3) is 0 Å². The molecule has 1 unspecified atom stereocenters. The number of ketones is 1. The van der Waals surface area contributed by atoms with E-state index in [2.05, 4.69) is 5.32 Å². The van der Waals surface area contributed by atoms with Gasteiger partial charge in [-0.1, -0.05) is 62.4 Å². The van der Waals surface area contributed by atoms with Crippen LogP contribution in [0.15, 0.2) is 71.8 Å². The van der Waals surface area contributed by atoms with Crippen molar-refractivity contribution >= 4 is 35.8 Å². The molecular formula is C46H58N2O15. The van der Waals surface area contributed by atoms with Gasteiger partial charge in [0, 0.05) is 29.3 Å². The summed E-state index contributed by atoms with van der Waals surface area (Å²) in [6.45, 7) is 7.33. The number of nitrogens with two attached hydrogens (primary N) is 1. The van der Waals surface area contributed by atoms with Crippen molar-refractivity contribution in [3.63, 3.8) is 0 Å². The molecular weight excluding hydrogens is 821 g/mol. The van der Waals surface area contributed by atoms with Crippen molar-refractivity contribution in [2.45, 2.75) is 141 Å². The average molecular weight is 882 g/mol. The van der Waals surface area contributed by atoms with Crippen molar-refractivity contribution in [2.24, 2.45) is 22.5 Å². The van der Waals surface area contributed by atoms with Crippen molar-refractivity contribution in [1.29, 1.82) is 0 Å². The molecule has 1 heterocycles. The van der Waals surface area contributed by atoms with Gasteiger partial charge >= 0.3 is 30.0 Å². The van der Waals surface area contributed by atoms with Crippen LogP contribution in [0.3, 0.4) is 0 Å². The largest absolute Gasteiger partial charge is 0.455 e. The molecule has 12 atom stereocenters. The topological polar surface area (TPSA) is 257 Å². The van der Waals surface area contributed by atoms with Crippen LogP contribution in [-0.2, 0) is 47.6 Å². The van der Waals surface area contributed by atoms with Gasteiger partial charge in [0.1, 0.15) is 47.7 Å². The van der Waals surface area contributed by atoms with Crippen LogP contribution in [0.1, 0.15) is 101 Å². The lowest BCUT2D eigenvalue weighted by Gasteiger charge is -2.67. The Morgan fingerprint density at radius 1 is 0.984 bits per heavy atom. The first-order chi connectivity index (χ1) is 30.5. The molecule has 63 heavy (non-hydrogen) atoms. The molecule has 1 amide bonds. The number of Topliss-reactive ketones (excluding diaryl/α,β-unsaturated/α-hetero) is 1. The van der Waals surface area contributed by atoms with Gasteiger partial charge in [0.2, 0.25) is 6.10 Å². The van der Waals surface area contributed by atoms with Gasteiger partial charge in [-0.05, 0) is 70.3 Å². The molecule has 3 aliphatic carbocycles. The number of carbonyl (C=O) groups excluding carboxylic acids is 6. The maximum Gasteiger partial charge on any atom is 0.408 e. The van der Waals surface area contributed by atoms with E-state index in [1.54, 1.807) is 36.4 Å². The van der Waals surface area contributed by atoms with Gasteiger partial charge in [0.15, 0.2) is 11.4 Å². The Labute approximate surface area is 369 Å². The Morgan fingerprint density at radius 2 is 1.60 bits per heavy atom. The summed E-state index contributed by atoms with van der Waals surface area (Å²) < 4.78 is 58.9. The van der Waals surface area contributed by atoms with Crippen molar-refractivity contribution in [3.8, 4) is 0 Å². The summed E-state index contributed by atoms with van der Waals surface area (Å²) in [5.41, 5.74) is -4.21. The number of rotatable bonds is 10. The molecule has 6 rings (SSSR count). The van der Waals surface area contributed by atoms with E-state index in [-0.39, 0.29) is 35.3 Å². The fourth-order valence-corrected chi connectivity index (χ4v) is 9.85. The van der Waals surface area contributed by atoms with E-state index in [4.69, 9.17) is 38.3 Å². The molecule has 2 saturated carbocycles. The van der Waals surface area contributed by atoms with Crippen molar-refractivity contribution in [2.75, 3.05) is 6.61 Å². The highest BCUT2D eigenvalue weighted by Gasteiger charge is 2.78. The molecule has 342 valence electrons. The van der Waals surface area contributed by atoms with Crippen LogP contribution in [-0.4, -0.2) is 117 Å². The van der Waals surface area contributed by atoms with E-state index in [0.29, 0.717) is 0 Å². The molecule has 4 aliphatic rings. The fraction of sp³-hybridized carbons (Fsp3) is 0.565. The van der Waals surface area contributed by atoms with E-state index in [9.17, 15) is 39.3 Å². The minimum Gasteiger partial charge on any atom is -0.455 e. The molecule has 2 aromatic carbocycles. The van der Waals surface area contributed by atoms with Crippen molar-refractivity contribution < 1.29 is 76.6 Å². The first-order valence-corrected chi connectivity index (χ1v) is 20.7. The predicted octanol–water partition coefficient (Wildman–Crippen LogP) is 3.16. The third kappa shape index (κ3) is 8.36. The van der Waals surface area contributed by atoms with Gasteiger partial charge < -0.3 is 54.8 Å². The Kier molecular flexibility index (Phi) is 11.7. The summed E-state index contributed by atoms with van der Waals surface area (Å²) in [5.74, 6) is -6.87. The highest BCUT2D eigenvalue weighted by molar-refractivity contribution is 5.94.